The molecule has 1 aromatic carbocycles. The second kappa shape index (κ2) is 7.73. The monoisotopic (exact) mass is 384 g/mol. The fourth-order valence-corrected chi connectivity index (χ4v) is 3.62. The van der Waals surface area contributed by atoms with Crippen LogP contribution < -0.4 is 15.7 Å². The van der Waals surface area contributed by atoms with Crippen LogP contribution in [0, 0.1) is 6.92 Å². The maximum Gasteiger partial charge on any atom is 0.339 e. The first-order chi connectivity index (χ1) is 13.6. The Morgan fingerprint density at radius 1 is 1.36 bits per heavy atom. The number of aromatic nitrogens is 2. The maximum absolute atomic E-state index is 12.5. The lowest BCUT2D eigenvalue weighted by atomic mass is 10.0. The Balaban J connectivity index is 1.54. The molecule has 0 aliphatic carbocycles. The molecule has 1 N–H and O–H groups in total. The summed E-state index contributed by atoms with van der Waals surface area (Å²) in [4.78, 5) is 19.2. The molecule has 0 bridgehead atoms. The molecule has 28 heavy (non-hydrogen) atoms. The molecule has 1 saturated heterocycles. The molecule has 1 unspecified atom stereocenters. The number of benzene rings is 1. The van der Waals surface area contributed by atoms with E-state index in [-0.39, 0.29) is 11.7 Å². The van der Waals surface area contributed by atoms with Gasteiger partial charge in [-0.15, -0.1) is 0 Å². The third kappa shape index (κ3) is 3.53. The van der Waals surface area contributed by atoms with Crippen molar-refractivity contribution in [3.63, 3.8) is 0 Å². The summed E-state index contributed by atoms with van der Waals surface area (Å²) in [5.41, 5.74) is 1.73. The predicted octanol–water partition coefficient (Wildman–Crippen LogP) is 1.85. The summed E-state index contributed by atoms with van der Waals surface area (Å²) in [5.74, 6) is 1.87. The van der Waals surface area contributed by atoms with E-state index in [9.17, 15) is 4.79 Å². The lowest BCUT2D eigenvalue weighted by molar-refractivity contribution is 0.190. The van der Waals surface area contributed by atoms with Gasteiger partial charge in [-0.1, -0.05) is 5.16 Å². The van der Waals surface area contributed by atoms with E-state index in [2.05, 4.69) is 27.4 Å². The van der Waals surface area contributed by atoms with Crippen molar-refractivity contribution in [1.82, 2.24) is 20.4 Å². The summed E-state index contributed by atoms with van der Waals surface area (Å²) in [6, 6.07) is 5.60. The van der Waals surface area contributed by atoms with E-state index in [0.29, 0.717) is 41.5 Å². The number of fused-ring (bicyclic) bond motifs is 1. The zero-order valence-corrected chi connectivity index (χ0v) is 16.3. The van der Waals surface area contributed by atoms with E-state index >= 15 is 0 Å². The van der Waals surface area contributed by atoms with Gasteiger partial charge in [0.15, 0.2) is 5.82 Å². The third-order valence-corrected chi connectivity index (χ3v) is 5.38. The maximum atomic E-state index is 12.5. The van der Waals surface area contributed by atoms with E-state index in [0.717, 1.165) is 30.6 Å². The summed E-state index contributed by atoms with van der Waals surface area (Å²) in [7, 11) is 3.64. The first-order valence-electron chi connectivity index (χ1n) is 9.40. The van der Waals surface area contributed by atoms with Crippen LogP contribution in [0.5, 0.6) is 5.75 Å². The second-order valence-electron chi connectivity index (χ2n) is 7.10. The molecule has 1 aliphatic heterocycles. The Morgan fingerprint density at radius 3 is 3.00 bits per heavy atom. The third-order valence-electron chi connectivity index (χ3n) is 5.38. The average molecular weight is 384 g/mol. The molecule has 4 rings (SSSR count). The molecule has 8 nitrogen and oxygen atoms in total. The van der Waals surface area contributed by atoms with E-state index in [1.165, 1.54) is 0 Å². The number of nitrogens with one attached hydrogen (secondary N) is 1. The standard InChI is InChI=1S/C20H24N4O4/c1-12-14-5-4-13(26-3)10-17(14)27-20(25)15(12)6-7-18-22-19(23-28-18)16-11-21-8-9-24(16)2/h4-5,10,16,21H,6-9,11H2,1-3H3. The number of aryl methyl sites for hydroxylation is 2. The highest BCUT2D eigenvalue weighted by Crippen LogP contribution is 2.25. The minimum atomic E-state index is -0.339. The minimum absolute atomic E-state index is 0.105. The molecule has 3 aromatic rings. The van der Waals surface area contributed by atoms with Crippen molar-refractivity contribution in [3.8, 4) is 5.75 Å². The number of hydrogen-bond donors (Lipinski definition) is 1. The van der Waals surface area contributed by atoms with Crippen molar-refractivity contribution in [2.45, 2.75) is 25.8 Å². The van der Waals surface area contributed by atoms with Crippen molar-refractivity contribution in [2.24, 2.45) is 0 Å². The van der Waals surface area contributed by atoms with E-state index in [1.54, 1.807) is 13.2 Å². The Morgan fingerprint density at radius 2 is 2.21 bits per heavy atom. The molecule has 1 aliphatic rings. The molecule has 148 valence electrons. The van der Waals surface area contributed by atoms with Gasteiger partial charge >= 0.3 is 5.63 Å². The second-order valence-corrected chi connectivity index (χ2v) is 7.10. The van der Waals surface area contributed by atoms with Crippen LogP contribution in [-0.4, -0.2) is 48.8 Å². The van der Waals surface area contributed by atoms with Gasteiger partial charge in [0.1, 0.15) is 11.3 Å². The summed E-state index contributed by atoms with van der Waals surface area (Å²) >= 11 is 0. The highest BCUT2D eigenvalue weighted by Gasteiger charge is 2.25. The van der Waals surface area contributed by atoms with Gasteiger partial charge in [0.25, 0.3) is 0 Å². The van der Waals surface area contributed by atoms with E-state index < -0.39 is 0 Å². The van der Waals surface area contributed by atoms with Crippen LogP contribution in [0.3, 0.4) is 0 Å². The summed E-state index contributed by atoms with van der Waals surface area (Å²) in [5, 5.41) is 8.38. The molecule has 1 fully saturated rings. The minimum Gasteiger partial charge on any atom is -0.497 e. The SMILES string of the molecule is COc1ccc2c(C)c(CCc3nc(C4CNCCN4C)no3)c(=O)oc2c1. The highest BCUT2D eigenvalue weighted by molar-refractivity contribution is 5.82. The normalized spacial score (nSPS) is 17.9. The Bertz CT molecular complexity index is 1040. The smallest absolute Gasteiger partial charge is 0.339 e. The topological polar surface area (TPSA) is 93.6 Å². The highest BCUT2D eigenvalue weighted by atomic mass is 16.5. The van der Waals surface area contributed by atoms with Gasteiger partial charge < -0.3 is 19.0 Å². The lowest BCUT2D eigenvalue weighted by Gasteiger charge is -2.30. The van der Waals surface area contributed by atoms with Crippen LogP contribution in [-0.2, 0) is 12.8 Å². The van der Waals surface area contributed by atoms with Gasteiger partial charge in [0.05, 0.1) is 13.2 Å². The van der Waals surface area contributed by atoms with E-state index in [1.807, 2.05) is 19.1 Å². The van der Waals surface area contributed by atoms with Crippen molar-refractivity contribution >= 4 is 11.0 Å². The Labute approximate surface area is 162 Å². The first-order valence-corrected chi connectivity index (χ1v) is 9.40. The van der Waals surface area contributed by atoms with Crippen LogP contribution in [0.1, 0.15) is 28.9 Å². The number of hydrogen-bond acceptors (Lipinski definition) is 8. The van der Waals surface area contributed by atoms with Crippen molar-refractivity contribution < 1.29 is 13.7 Å². The van der Waals surface area contributed by atoms with Crippen LogP contribution in [0.2, 0.25) is 0 Å². The molecule has 0 saturated carbocycles. The number of likely N-dealkylation sites (N-methyl/N-ethyl adjacent to an activating group) is 1. The number of nitrogens with zero attached hydrogens (tertiary/aromatic N) is 3. The summed E-state index contributed by atoms with van der Waals surface area (Å²) < 4.78 is 16.1. The molecule has 0 spiro atoms. The van der Waals surface area contributed by atoms with Gasteiger partial charge in [-0.25, -0.2) is 4.79 Å². The predicted molar refractivity (Wildman–Crippen MR) is 104 cm³/mol. The number of ether oxygens (including phenoxy) is 1. The summed E-state index contributed by atoms with van der Waals surface area (Å²) in [6.07, 6.45) is 0.973. The Kier molecular flexibility index (Phi) is 5.15. The van der Waals surface area contributed by atoms with Gasteiger partial charge in [-0.3, -0.25) is 4.90 Å². The molecule has 0 amide bonds. The quantitative estimate of drug-likeness (QED) is 0.666. The first kappa shape index (κ1) is 18.6. The van der Waals surface area contributed by atoms with Crippen LogP contribution >= 0.6 is 0 Å². The lowest BCUT2D eigenvalue weighted by Crippen LogP contribution is -2.44. The molecular formula is C20H24N4O4. The van der Waals surface area contributed by atoms with Gasteiger partial charge in [-0.2, -0.15) is 4.98 Å². The molecule has 2 aromatic heterocycles. The molecule has 3 heterocycles. The molecule has 1 atom stereocenters. The van der Waals surface area contributed by atoms with Gasteiger partial charge in [0.2, 0.25) is 5.89 Å². The van der Waals surface area contributed by atoms with Crippen molar-refractivity contribution in [2.75, 3.05) is 33.8 Å². The molecular weight excluding hydrogens is 360 g/mol. The number of methoxy groups -OCH3 is 1. The van der Waals surface area contributed by atoms with Crippen molar-refractivity contribution in [1.29, 1.82) is 0 Å². The molecule has 0 radical (unpaired) electrons. The van der Waals surface area contributed by atoms with Crippen molar-refractivity contribution in [3.05, 3.63) is 51.5 Å². The van der Waals surface area contributed by atoms with Crippen LogP contribution in [0.25, 0.3) is 11.0 Å². The fraction of sp³-hybridized carbons (Fsp3) is 0.450. The zero-order chi connectivity index (χ0) is 19.7. The zero-order valence-electron chi connectivity index (χ0n) is 16.3. The molecule has 8 heteroatoms. The average Bonchev–Trinajstić information content (AvgIpc) is 3.16. The summed E-state index contributed by atoms with van der Waals surface area (Å²) in [6.45, 7) is 4.63. The largest absolute Gasteiger partial charge is 0.497 e. The Hall–Kier alpha value is -2.71. The van der Waals surface area contributed by atoms with Gasteiger partial charge in [-0.05, 0) is 38.1 Å². The fourth-order valence-electron chi connectivity index (χ4n) is 3.62. The van der Waals surface area contributed by atoms with Crippen LogP contribution in [0.15, 0.2) is 31.9 Å². The van der Waals surface area contributed by atoms with Gasteiger partial charge in [0, 0.05) is 43.1 Å². The van der Waals surface area contributed by atoms with Crippen LogP contribution in [0.4, 0.5) is 0 Å². The number of piperazine rings is 1. The van der Waals surface area contributed by atoms with E-state index in [4.69, 9.17) is 13.7 Å². The number of rotatable bonds is 5.